The first-order valence-electron chi connectivity index (χ1n) is 11.7. The van der Waals surface area contributed by atoms with Gasteiger partial charge in [-0.3, -0.25) is 9.59 Å². The minimum atomic E-state index is -0.564. The van der Waals surface area contributed by atoms with Gasteiger partial charge >= 0.3 is 6.03 Å². The molecule has 9 nitrogen and oxygen atoms in total. The standard InChI is InChI=1S/C24H37N5O4/c1-7-17(4)22-23(31)27(13-16(2)3)14-20-28(22)21(30)15-26(5)29(20)24(32)25-12-18-8-10-19(33-6)11-9-18/h8-11,16-17,20,22H,7,12-15H2,1-6H3,(H,25,32)/t17?,20-,22-/m0/s1. The van der Waals surface area contributed by atoms with E-state index in [0.717, 1.165) is 17.7 Å². The van der Waals surface area contributed by atoms with Crippen molar-refractivity contribution >= 4 is 17.8 Å². The van der Waals surface area contributed by atoms with Crippen molar-refractivity contribution in [2.45, 2.75) is 52.9 Å². The van der Waals surface area contributed by atoms with E-state index < -0.39 is 12.2 Å². The average Bonchev–Trinajstić information content (AvgIpc) is 2.78. The molecule has 2 fully saturated rings. The van der Waals surface area contributed by atoms with E-state index in [1.165, 1.54) is 0 Å². The van der Waals surface area contributed by atoms with Gasteiger partial charge in [0.15, 0.2) is 0 Å². The van der Waals surface area contributed by atoms with Gasteiger partial charge in [-0.15, -0.1) is 0 Å². The van der Waals surface area contributed by atoms with Crippen LogP contribution in [0.4, 0.5) is 4.79 Å². The topological polar surface area (TPSA) is 85.4 Å². The van der Waals surface area contributed by atoms with Gasteiger partial charge in [-0.2, -0.15) is 0 Å². The second-order valence-corrected chi connectivity index (χ2v) is 9.42. The molecule has 0 aromatic heterocycles. The van der Waals surface area contributed by atoms with Crippen molar-refractivity contribution in [2.24, 2.45) is 11.8 Å². The highest BCUT2D eigenvalue weighted by Crippen LogP contribution is 2.30. The van der Waals surface area contributed by atoms with E-state index in [2.05, 4.69) is 19.2 Å². The molecule has 4 amide bonds. The number of ether oxygens (including phenoxy) is 1. The molecule has 1 N–H and O–H groups in total. The molecule has 1 unspecified atom stereocenters. The van der Waals surface area contributed by atoms with Gasteiger partial charge in [-0.1, -0.05) is 46.2 Å². The average molecular weight is 460 g/mol. The fourth-order valence-corrected chi connectivity index (χ4v) is 4.60. The van der Waals surface area contributed by atoms with Crippen molar-refractivity contribution in [3.63, 3.8) is 0 Å². The van der Waals surface area contributed by atoms with Gasteiger partial charge < -0.3 is 19.9 Å². The number of hydrazine groups is 1. The van der Waals surface area contributed by atoms with Crippen LogP contribution < -0.4 is 10.1 Å². The molecule has 0 saturated carbocycles. The Labute approximate surface area is 196 Å². The number of hydrogen-bond donors (Lipinski definition) is 1. The van der Waals surface area contributed by atoms with Crippen LogP contribution in [0.5, 0.6) is 5.75 Å². The first kappa shape index (κ1) is 24.8. The summed E-state index contributed by atoms with van der Waals surface area (Å²) in [5.41, 5.74) is 0.939. The number of benzene rings is 1. The second-order valence-electron chi connectivity index (χ2n) is 9.42. The summed E-state index contributed by atoms with van der Waals surface area (Å²) in [4.78, 5) is 43.3. The van der Waals surface area contributed by atoms with Gasteiger partial charge in [0.1, 0.15) is 18.0 Å². The number of fused-ring (bicyclic) bond motifs is 1. The van der Waals surface area contributed by atoms with Gasteiger partial charge in [-0.25, -0.2) is 14.8 Å². The lowest BCUT2D eigenvalue weighted by molar-refractivity contribution is -0.190. The lowest BCUT2D eigenvalue weighted by Gasteiger charge is -2.55. The zero-order valence-electron chi connectivity index (χ0n) is 20.6. The Morgan fingerprint density at radius 1 is 1.18 bits per heavy atom. The highest BCUT2D eigenvalue weighted by molar-refractivity contribution is 5.91. The van der Waals surface area contributed by atoms with Gasteiger partial charge in [0.2, 0.25) is 11.8 Å². The van der Waals surface area contributed by atoms with E-state index in [9.17, 15) is 14.4 Å². The third-order valence-corrected chi connectivity index (χ3v) is 6.45. The molecule has 9 heteroatoms. The maximum atomic E-state index is 13.4. The fraction of sp³-hybridized carbons (Fsp3) is 0.625. The molecule has 1 aromatic rings. The highest BCUT2D eigenvalue weighted by Gasteiger charge is 2.51. The molecule has 182 valence electrons. The van der Waals surface area contributed by atoms with Crippen LogP contribution >= 0.6 is 0 Å². The molecule has 3 atom stereocenters. The van der Waals surface area contributed by atoms with Crippen LogP contribution in [0.2, 0.25) is 0 Å². The maximum Gasteiger partial charge on any atom is 0.334 e. The van der Waals surface area contributed by atoms with E-state index in [1.54, 1.807) is 29.1 Å². The number of nitrogens with one attached hydrogen (secondary N) is 1. The zero-order valence-corrected chi connectivity index (χ0v) is 20.6. The normalized spacial score (nSPS) is 22.5. The predicted molar refractivity (Wildman–Crippen MR) is 125 cm³/mol. The molecule has 2 aliphatic heterocycles. The molecule has 0 spiro atoms. The summed E-state index contributed by atoms with van der Waals surface area (Å²) < 4.78 is 5.19. The summed E-state index contributed by atoms with van der Waals surface area (Å²) >= 11 is 0. The van der Waals surface area contributed by atoms with Crippen molar-refractivity contribution in [3.05, 3.63) is 29.8 Å². The summed E-state index contributed by atoms with van der Waals surface area (Å²) in [6.07, 6.45) is 0.227. The summed E-state index contributed by atoms with van der Waals surface area (Å²) in [5, 5.41) is 6.23. The SMILES string of the molecule is CCC(C)[C@H]1C(=O)N(CC(C)C)C[C@H]2N1C(=O)CN(C)N2C(=O)NCc1ccc(OC)cc1. The third kappa shape index (κ3) is 5.24. The van der Waals surface area contributed by atoms with Crippen LogP contribution in [0.25, 0.3) is 0 Å². The van der Waals surface area contributed by atoms with Crippen molar-refractivity contribution in [2.75, 3.05) is 33.8 Å². The van der Waals surface area contributed by atoms with Crippen molar-refractivity contribution < 1.29 is 19.1 Å². The number of methoxy groups -OCH3 is 1. The Hall–Kier alpha value is -2.81. The van der Waals surface area contributed by atoms with Gasteiger partial charge in [0, 0.05) is 20.1 Å². The van der Waals surface area contributed by atoms with Crippen LogP contribution in [-0.4, -0.2) is 83.7 Å². The largest absolute Gasteiger partial charge is 0.497 e. The number of nitrogens with zero attached hydrogens (tertiary/aromatic N) is 4. The maximum absolute atomic E-state index is 13.4. The lowest BCUT2D eigenvalue weighted by atomic mass is 9.92. The molecular weight excluding hydrogens is 422 g/mol. The highest BCUT2D eigenvalue weighted by atomic mass is 16.5. The summed E-state index contributed by atoms with van der Waals surface area (Å²) in [5.74, 6) is 0.887. The van der Waals surface area contributed by atoms with Crippen LogP contribution in [-0.2, 0) is 16.1 Å². The second kappa shape index (κ2) is 10.4. The number of amides is 4. The number of hydrogen-bond acceptors (Lipinski definition) is 5. The summed E-state index contributed by atoms with van der Waals surface area (Å²) in [6, 6.07) is 6.64. The number of rotatable bonds is 7. The smallest absolute Gasteiger partial charge is 0.334 e. The third-order valence-electron chi connectivity index (χ3n) is 6.45. The minimum absolute atomic E-state index is 0.00784. The quantitative estimate of drug-likeness (QED) is 0.675. The van der Waals surface area contributed by atoms with Crippen LogP contribution in [0.3, 0.4) is 0 Å². The Bertz CT molecular complexity index is 859. The molecule has 0 bridgehead atoms. The molecule has 2 heterocycles. The lowest BCUT2D eigenvalue weighted by Crippen LogP contribution is -2.76. The molecular formula is C24H37N5O4. The van der Waals surface area contributed by atoms with Gasteiger partial charge in [0.25, 0.3) is 0 Å². The van der Waals surface area contributed by atoms with Gasteiger partial charge in [0.05, 0.1) is 20.2 Å². The number of urea groups is 1. The minimum Gasteiger partial charge on any atom is -0.497 e. The van der Waals surface area contributed by atoms with Crippen LogP contribution in [0, 0.1) is 11.8 Å². The van der Waals surface area contributed by atoms with E-state index in [-0.39, 0.29) is 36.2 Å². The Morgan fingerprint density at radius 3 is 2.42 bits per heavy atom. The molecule has 0 aliphatic carbocycles. The molecule has 1 aromatic carbocycles. The summed E-state index contributed by atoms with van der Waals surface area (Å²) in [6.45, 7) is 9.44. The zero-order chi connectivity index (χ0) is 24.3. The first-order valence-corrected chi connectivity index (χ1v) is 11.7. The Morgan fingerprint density at radius 2 is 1.85 bits per heavy atom. The van der Waals surface area contributed by atoms with Gasteiger partial charge in [-0.05, 0) is 29.5 Å². The number of carbonyl (C=O) groups excluding carboxylic acids is 3. The Balaban J connectivity index is 1.85. The molecule has 0 radical (unpaired) electrons. The molecule has 2 aliphatic rings. The summed E-state index contributed by atoms with van der Waals surface area (Å²) in [7, 11) is 3.35. The van der Waals surface area contributed by atoms with E-state index >= 15 is 0 Å². The van der Waals surface area contributed by atoms with E-state index in [4.69, 9.17) is 4.74 Å². The monoisotopic (exact) mass is 459 g/mol. The van der Waals surface area contributed by atoms with Crippen molar-refractivity contribution in [3.8, 4) is 5.75 Å². The van der Waals surface area contributed by atoms with E-state index in [0.29, 0.717) is 19.6 Å². The molecule has 33 heavy (non-hydrogen) atoms. The first-order chi connectivity index (χ1) is 15.7. The predicted octanol–water partition coefficient (Wildman–Crippen LogP) is 2.13. The molecule has 3 rings (SSSR count). The number of carbonyl (C=O) groups is 3. The van der Waals surface area contributed by atoms with E-state index in [1.807, 2.05) is 43.0 Å². The number of piperazine rings is 1. The van der Waals surface area contributed by atoms with Crippen molar-refractivity contribution in [1.82, 2.24) is 25.1 Å². The van der Waals surface area contributed by atoms with Crippen molar-refractivity contribution in [1.29, 1.82) is 0 Å². The fourth-order valence-electron chi connectivity index (χ4n) is 4.60. The van der Waals surface area contributed by atoms with Crippen LogP contribution in [0.15, 0.2) is 24.3 Å². The molecule has 2 saturated heterocycles. The van der Waals surface area contributed by atoms with Crippen LogP contribution in [0.1, 0.15) is 39.7 Å². The number of likely N-dealkylation sites (N-methyl/N-ethyl adjacent to an activating group) is 1. The Kier molecular flexibility index (Phi) is 7.84.